The molecule has 2 aromatic rings. The Bertz CT molecular complexity index is 764. The molecule has 0 N–H and O–H groups in total. The number of Topliss-reactive ketones (excluding diaryl/α,β-unsaturated/α-hetero) is 1. The second-order valence-corrected chi connectivity index (χ2v) is 4.92. The van der Waals surface area contributed by atoms with Crippen LogP contribution in [0.1, 0.15) is 38.5 Å². The van der Waals surface area contributed by atoms with Crippen LogP contribution >= 0.6 is 0 Å². The van der Waals surface area contributed by atoms with E-state index in [0.29, 0.717) is 11.1 Å². The van der Waals surface area contributed by atoms with Crippen LogP contribution in [0.2, 0.25) is 0 Å². The Kier molecular flexibility index (Phi) is 4.42. The molecule has 0 radical (unpaired) electrons. The quantitative estimate of drug-likeness (QED) is 0.642. The van der Waals surface area contributed by atoms with Crippen molar-refractivity contribution in [2.75, 3.05) is 7.11 Å². The second-order valence-electron chi connectivity index (χ2n) is 4.92. The number of esters is 1. The average Bonchev–Trinajstić information content (AvgIpc) is 2.82. The molecule has 5 nitrogen and oxygen atoms in total. The summed E-state index contributed by atoms with van der Waals surface area (Å²) in [4.78, 5) is 23.4. The first-order valence-electron chi connectivity index (χ1n) is 6.77. The van der Waals surface area contributed by atoms with E-state index in [4.69, 9.17) is 5.26 Å². The Morgan fingerprint density at radius 2 is 1.86 bits per heavy atom. The molecule has 112 valence electrons. The van der Waals surface area contributed by atoms with E-state index in [1.165, 1.54) is 7.11 Å². The van der Waals surface area contributed by atoms with Crippen LogP contribution in [0.25, 0.3) is 5.69 Å². The van der Waals surface area contributed by atoms with Crippen molar-refractivity contribution in [1.29, 1.82) is 5.26 Å². The Morgan fingerprint density at radius 1 is 1.23 bits per heavy atom. The lowest BCUT2D eigenvalue weighted by Gasteiger charge is -2.10. The van der Waals surface area contributed by atoms with Gasteiger partial charge in [-0.05, 0) is 44.2 Å². The second kappa shape index (κ2) is 6.27. The third-order valence-corrected chi connectivity index (χ3v) is 3.52. The van der Waals surface area contributed by atoms with Crippen LogP contribution in [-0.4, -0.2) is 23.4 Å². The molecule has 1 aromatic carbocycles. The number of hydrogen-bond donors (Lipinski definition) is 0. The summed E-state index contributed by atoms with van der Waals surface area (Å²) in [7, 11) is 1.34. The van der Waals surface area contributed by atoms with Crippen LogP contribution in [0.4, 0.5) is 0 Å². The molecule has 2 rings (SSSR count). The van der Waals surface area contributed by atoms with Gasteiger partial charge in [0.15, 0.2) is 5.78 Å². The van der Waals surface area contributed by atoms with Crippen molar-refractivity contribution in [3.05, 3.63) is 52.8 Å². The van der Waals surface area contributed by atoms with E-state index >= 15 is 0 Å². The molecule has 0 amide bonds. The van der Waals surface area contributed by atoms with Crippen molar-refractivity contribution < 1.29 is 14.3 Å². The molecular weight excluding hydrogens is 280 g/mol. The van der Waals surface area contributed by atoms with Crippen molar-refractivity contribution in [1.82, 2.24) is 4.57 Å². The topological polar surface area (TPSA) is 72.1 Å². The van der Waals surface area contributed by atoms with Gasteiger partial charge >= 0.3 is 5.97 Å². The number of aromatic nitrogens is 1. The summed E-state index contributed by atoms with van der Waals surface area (Å²) >= 11 is 0. The number of carbonyl (C=O) groups is 2. The molecule has 0 unspecified atom stereocenters. The molecule has 5 heteroatoms. The van der Waals surface area contributed by atoms with Crippen molar-refractivity contribution in [2.24, 2.45) is 0 Å². The van der Waals surface area contributed by atoms with Gasteiger partial charge in [-0.1, -0.05) is 0 Å². The lowest BCUT2D eigenvalue weighted by molar-refractivity contribution is 0.0600. The molecule has 0 atom stereocenters. The van der Waals surface area contributed by atoms with Gasteiger partial charge in [0, 0.05) is 22.6 Å². The summed E-state index contributed by atoms with van der Waals surface area (Å²) in [6, 6.07) is 10.6. The summed E-state index contributed by atoms with van der Waals surface area (Å²) in [5, 5.41) is 8.67. The maximum atomic E-state index is 11.9. The molecular formula is C17H16N2O3. The first-order chi connectivity index (χ1) is 10.5. The fourth-order valence-corrected chi connectivity index (χ4v) is 2.47. The Hall–Kier alpha value is -2.87. The molecule has 22 heavy (non-hydrogen) atoms. The minimum Gasteiger partial charge on any atom is -0.465 e. The number of benzene rings is 1. The molecule has 0 aliphatic heterocycles. The number of ether oxygens (including phenoxy) is 1. The zero-order valence-corrected chi connectivity index (χ0v) is 12.7. The van der Waals surface area contributed by atoms with Crippen LogP contribution in [-0.2, 0) is 4.74 Å². The van der Waals surface area contributed by atoms with Gasteiger partial charge in [0.2, 0.25) is 0 Å². The zero-order valence-electron chi connectivity index (χ0n) is 12.7. The molecule has 0 bridgehead atoms. The Labute approximate surface area is 128 Å². The predicted octanol–water partition coefficient (Wildman–Crippen LogP) is 2.98. The SMILES string of the molecule is COC(=O)c1ccc(-n2c(C)cc(C(=O)CC#N)c2C)cc1. The largest absolute Gasteiger partial charge is 0.465 e. The lowest BCUT2D eigenvalue weighted by atomic mass is 10.1. The van der Waals surface area contributed by atoms with Gasteiger partial charge in [-0.15, -0.1) is 0 Å². The normalized spacial score (nSPS) is 10.1. The van der Waals surface area contributed by atoms with Gasteiger partial charge in [-0.2, -0.15) is 5.26 Å². The van der Waals surface area contributed by atoms with Crippen molar-refractivity contribution >= 4 is 11.8 Å². The average molecular weight is 296 g/mol. The van der Waals surface area contributed by atoms with Crippen LogP contribution in [0.3, 0.4) is 0 Å². The molecule has 0 spiro atoms. The molecule has 1 heterocycles. The molecule has 0 saturated carbocycles. The van der Waals surface area contributed by atoms with E-state index in [-0.39, 0.29) is 12.2 Å². The number of hydrogen-bond acceptors (Lipinski definition) is 4. The zero-order chi connectivity index (χ0) is 16.3. The number of carbonyl (C=O) groups excluding carboxylic acids is 2. The minimum atomic E-state index is -0.391. The number of methoxy groups -OCH3 is 1. The van der Waals surface area contributed by atoms with E-state index in [1.54, 1.807) is 30.3 Å². The van der Waals surface area contributed by atoms with Crippen LogP contribution < -0.4 is 0 Å². The number of aryl methyl sites for hydroxylation is 1. The highest BCUT2D eigenvalue weighted by Gasteiger charge is 2.16. The van der Waals surface area contributed by atoms with Crippen LogP contribution in [0, 0.1) is 25.2 Å². The fraction of sp³-hybridized carbons (Fsp3) is 0.235. The molecule has 0 saturated heterocycles. The van der Waals surface area contributed by atoms with E-state index in [1.807, 2.05) is 24.5 Å². The third-order valence-electron chi connectivity index (χ3n) is 3.52. The Balaban J connectivity index is 2.43. The number of ketones is 1. The first kappa shape index (κ1) is 15.5. The van der Waals surface area contributed by atoms with Crippen LogP contribution in [0.5, 0.6) is 0 Å². The van der Waals surface area contributed by atoms with Crippen molar-refractivity contribution in [2.45, 2.75) is 20.3 Å². The highest BCUT2D eigenvalue weighted by atomic mass is 16.5. The van der Waals surface area contributed by atoms with Gasteiger partial charge in [-0.25, -0.2) is 4.79 Å². The van der Waals surface area contributed by atoms with E-state index < -0.39 is 5.97 Å². The van der Waals surface area contributed by atoms with E-state index in [0.717, 1.165) is 17.1 Å². The van der Waals surface area contributed by atoms with Crippen LogP contribution in [0.15, 0.2) is 30.3 Å². The summed E-state index contributed by atoms with van der Waals surface area (Å²) in [6.45, 7) is 3.73. The van der Waals surface area contributed by atoms with Gasteiger partial charge < -0.3 is 9.30 Å². The highest BCUT2D eigenvalue weighted by Crippen LogP contribution is 2.22. The van der Waals surface area contributed by atoms with Gasteiger partial charge in [0.1, 0.15) is 0 Å². The maximum Gasteiger partial charge on any atom is 0.337 e. The highest BCUT2D eigenvalue weighted by molar-refractivity contribution is 5.99. The molecule has 0 aliphatic rings. The molecule has 0 aliphatic carbocycles. The fourth-order valence-electron chi connectivity index (χ4n) is 2.47. The summed E-state index contributed by atoms with van der Waals surface area (Å²) in [5.41, 5.74) is 3.54. The first-order valence-corrected chi connectivity index (χ1v) is 6.77. The van der Waals surface area contributed by atoms with Gasteiger partial charge in [0.05, 0.1) is 25.2 Å². The maximum absolute atomic E-state index is 11.9. The smallest absolute Gasteiger partial charge is 0.337 e. The van der Waals surface area contributed by atoms with Gasteiger partial charge in [-0.3, -0.25) is 4.79 Å². The minimum absolute atomic E-state index is 0.133. The molecule has 1 aromatic heterocycles. The number of nitrogens with zero attached hydrogens (tertiary/aromatic N) is 2. The summed E-state index contributed by atoms with van der Waals surface area (Å²) in [6.07, 6.45) is -0.133. The summed E-state index contributed by atoms with van der Waals surface area (Å²) < 4.78 is 6.59. The van der Waals surface area contributed by atoms with E-state index in [9.17, 15) is 9.59 Å². The van der Waals surface area contributed by atoms with Crippen molar-refractivity contribution in [3.63, 3.8) is 0 Å². The van der Waals surface area contributed by atoms with E-state index in [2.05, 4.69) is 4.74 Å². The lowest BCUT2D eigenvalue weighted by Crippen LogP contribution is -2.04. The van der Waals surface area contributed by atoms with Gasteiger partial charge in [0.25, 0.3) is 0 Å². The third kappa shape index (κ3) is 2.77. The standard InChI is InChI=1S/C17H16N2O3/c1-11-10-15(16(20)8-9-18)12(2)19(11)14-6-4-13(5-7-14)17(21)22-3/h4-7,10H,8H2,1-3H3. The monoisotopic (exact) mass is 296 g/mol. The summed E-state index contributed by atoms with van der Waals surface area (Å²) in [5.74, 6) is -0.578. The number of nitriles is 1. The molecule has 0 fully saturated rings. The van der Waals surface area contributed by atoms with Crippen molar-refractivity contribution in [3.8, 4) is 11.8 Å². The predicted molar refractivity (Wildman–Crippen MR) is 81.1 cm³/mol. The Morgan fingerprint density at radius 3 is 2.41 bits per heavy atom. The number of rotatable bonds is 4.